The molecule has 1 aliphatic rings. The summed E-state index contributed by atoms with van der Waals surface area (Å²) < 4.78 is 11.4. The average molecular weight is 343 g/mol. The summed E-state index contributed by atoms with van der Waals surface area (Å²) in [7, 11) is -4.29. The lowest BCUT2D eigenvalue weighted by Gasteiger charge is -2.25. The predicted octanol–water partition coefficient (Wildman–Crippen LogP) is 2.08. The molecule has 1 amide bonds. The molecule has 22 heavy (non-hydrogen) atoms. The summed E-state index contributed by atoms with van der Waals surface area (Å²) in [6.07, 6.45) is 1.02. The summed E-state index contributed by atoms with van der Waals surface area (Å²) in [6.45, 7) is 0.367. The second kappa shape index (κ2) is 7.42. The first kappa shape index (κ1) is 17.2. The summed E-state index contributed by atoms with van der Waals surface area (Å²) in [4.78, 5) is 43.7. The van der Waals surface area contributed by atoms with Gasteiger partial charge in [-0.05, 0) is 12.8 Å². The molecule has 0 aliphatic carbocycles. The van der Waals surface area contributed by atoms with E-state index >= 15 is 0 Å². The number of amides is 1. The van der Waals surface area contributed by atoms with E-state index in [1.807, 2.05) is 6.07 Å². The van der Waals surface area contributed by atoms with Gasteiger partial charge in [-0.1, -0.05) is 42.1 Å². The average Bonchev–Trinajstić information content (AvgIpc) is 2.97. The van der Waals surface area contributed by atoms with E-state index in [0.717, 1.165) is 11.8 Å². The number of nitrogens with zero attached hydrogens (tertiary/aromatic N) is 1. The maximum absolute atomic E-state index is 12.1. The Morgan fingerprint density at radius 2 is 1.95 bits per heavy atom. The third-order valence-electron chi connectivity index (χ3n) is 3.49. The van der Waals surface area contributed by atoms with E-state index in [1.54, 1.807) is 24.3 Å². The van der Waals surface area contributed by atoms with Gasteiger partial charge in [0.1, 0.15) is 5.78 Å². The normalized spacial score (nSPS) is 18.5. The Bertz CT molecular complexity index is 588. The molecule has 0 aromatic heterocycles. The Morgan fingerprint density at radius 1 is 1.27 bits per heavy atom. The van der Waals surface area contributed by atoms with E-state index in [4.69, 9.17) is 0 Å². The Balaban J connectivity index is 1.83. The highest BCUT2D eigenvalue weighted by atomic mass is 32.2. The molecular weight excluding hydrogens is 325 g/mol. The minimum Gasteiger partial charge on any atom is -0.328 e. The quantitative estimate of drug-likeness (QED) is 0.795. The number of thioether (sulfide) groups is 1. The molecule has 1 unspecified atom stereocenters. The molecule has 1 aliphatic heterocycles. The second-order valence-corrected chi connectivity index (χ2v) is 7.89. The van der Waals surface area contributed by atoms with E-state index in [-0.39, 0.29) is 17.4 Å². The van der Waals surface area contributed by atoms with Gasteiger partial charge in [-0.3, -0.25) is 14.2 Å². The first-order valence-corrected chi connectivity index (χ1v) is 9.63. The van der Waals surface area contributed by atoms with Crippen molar-refractivity contribution >= 4 is 30.4 Å². The minimum absolute atomic E-state index is 0.0970. The van der Waals surface area contributed by atoms with Crippen LogP contribution >= 0.6 is 19.4 Å². The van der Waals surface area contributed by atoms with Gasteiger partial charge in [0, 0.05) is 24.3 Å². The van der Waals surface area contributed by atoms with Crippen molar-refractivity contribution in [1.82, 2.24) is 4.90 Å². The van der Waals surface area contributed by atoms with Crippen LogP contribution in [-0.2, 0) is 9.36 Å². The van der Waals surface area contributed by atoms with Gasteiger partial charge >= 0.3 is 7.60 Å². The minimum atomic E-state index is -4.29. The first-order chi connectivity index (χ1) is 10.4. The van der Waals surface area contributed by atoms with Crippen molar-refractivity contribution in [2.45, 2.75) is 25.0 Å². The molecule has 1 saturated heterocycles. The van der Waals surface area contributed by atoms with Crippen LogP contribution in [0, 0.1) is 0 Å². The largest absolute Gasteiger partial charge is 0.347 e. The highest BCUT2D eigenvalue weighted by Gasteiger charge is 2.40. The molecule has 1 fully saturated rings. The van der Waals surface area contributed by atoms with Gasteiger partial charge in [0.05, 0.1) is 0 Å². The lowest BCUT2D eigenvalue weighted by Crippen LogP contribution is -2.35. The number of likely N-dealkylation sites (tertiary alicyclic amines) is 1. The van der Waals surface area contributed by atoms with Crippen LogP contribution in [0.15, 0.2) is 30.3 Å². The van der Waals surface area contributed by atoms with Crippen LogP contribution < -0.4 is 0 Å². The summed E-state index contributed by atoms with van der Waals surface area (Å²) in [5, 5.41) is -0.110. The van der Waals surface area contributed by atoms with Gasteiger partial charge in [0.15, 0.2) is 0 Å². The standard InChI is InChI=1S/C14H18NO5PS/c16-12(15-9-4-7-13(15)21(18,19)20)8-10-22-14(17)11-5-2-1-3-6-11/h1-3,5-6,13H,4,7-10H2,(H2,18,19,20). The molecule has 1 aromatic rings. The Morgan fingerprint density at radius 3 is 2.59 bits per heavy atom. The van der Waals surface area contributed by atoms with E-state index in [9.17, 15) is 23.9 Å². The third kappa shape index (κ3) is 4.43. The molecule has 0 bridgehead atoms. The smallest absolute Gasteiger partial charge is 0.328 e. The van der Waals surface area contributed by atoms with Gasteiger partial charge < -0.3 is 14.7 Å². The molecule has 1 aromatic carbocycles. The van der Waals surface area contributed by atoms with Crippen molar-refractivity contribution in [3.05, 3.63) is 35.9 Å². The lowest BCUT2D eigenvalue weighted by atomic mass is 10.2. The molecule has 120 valence electrons. The van der Waals surface area contributed by atoms with Crippen LogP contribution in [0.1, 0.15) is 29.6 Å². The van der Waals surface area contributed by atoms with Crippen LogP contribution in [0.4, 0.5) is 0 Å². The monoisotopic (exact) mass is 343 g/mol. The maximum Gasteiger partial charge on any atom is 0.347 e. The van der Waals surface area contributed by atoms with Crippen molar-refractivity contribution in [2.24, 2.45) is 0 Å². The van der Waals surface area contributed by atoms with Gasteiger partial charge in [0.25, 0.3) is 0 Å². The molecule has 2 N–H and O–H groups in total. The Labute approximate surface area is 133 Å². The fourth-order valence-electron chi connectivity index (χ4n) is 2.42. The zero-order valence-corrected chi connectivity index (χ0v) is 13.6. The number of hydrogen-bond donors (Lipinski definition) is 2. The van der Waals surface area contributed by atoms with Crippen molar-refractivity contribution in [3.8, 4) is 0 Å². The van der Waals surface area contributed by atoms with Gasteiger partial charge in [-0.2, -0.15) is 0 Å². The Kier molecular flexibility index (Phi) is 5.81. The van der Waals surface area contributed by atoms with Gasteiger partial charge in [-0.15, -0.1) is 0 Å². The van der Waals surface area contributed by atoms with E-state index < -0.39 is 13.4 Å². The van der Waals surface area contributed by atoms with Crippen molar-refractivity contribution < 1.29 is 23.9 Å². The molecule has 1 heterocycles. The zero-order chi connectivity index (χ0) is 16.2. The zero-order valence-electron chi connectivity index (χ0n) is 11.9. The summed E-state index contributed by atoms with van der Waals surface area (Å²) in [5.74, 6) is -1.01. The first-order valence-electron chi connectivity index (χ1n) is 6.96. The second-order valence-electron chi connectivity index (χ2n) is 5.05. The number of benzene rings is 1. The summed E-state index contributed by atoms with van der Waals surface area (Å²) in [5.41, 5.74) is 0.578. The lowest BCUT2D eigenvalue weighted by molar-refractivity contribution is -0.130. The van der Waals surface area contributed by atoms with Crippen molar-refractivity contribution in [1.29, 1.82) is 0 Å². The van der Waals surface area contributed by atoms with E-state index in [0.29, 0.717) is 30.7 Å². The van der Waals surface area contributed by atoms with Crippen LogP contribution in [0.2, 0.25) is 0 Å². The molecule has 1 atom stereocenters. The van der Waals surface area contributed by atoms with Crippen LogP contribution in [0.3, 0.4) is 0 Å². The fraction of sp³-hybridized carbons (Fsp3) is 0.429. The Hall–Kier alpha value is -1.14. The van der Waals surface area contributed by atoms with Gasteiger partial charge in [-0.25, -0.2) is 0 Å². The van der Waals surface area contributed by atoms with E-state index in [1.165, 1.54) is 4.90 Å². The predicted molar refractivity (Wildman–Crippen MR) is 84.6 cm³/mol. The van der Waals surface area contributed by atoms with Crippen LogP contribution in [0.25, 0.3) is 0 Å². The molecule has 2 rings (SSSR count). The highest BCUT2D eigenvalue weighted by molar-refractivity contribution is 8.14. The van der Waals surface area contributed by atoms with Crippen molar-refractivity contribution in [2.75, 3.05) is 12.3 Å². The summed E-state index contributed by atoms with van der Waals surface area (Å²) >= 11 is 1.04. The SMILES string of the molecule is O=C(SCCC(=O)N1CCCC1P(=O)(O)O)c1ccccc1. The van der Waals surface area contributed by atoms with E-state index in [2.05, 4.69) is 0 Å². The molecule has 0 radical (unpaired) electrons. The van der Waals surface area contributed by atoms with Crippen molar-refractivity contribution in [3.63, 3.8) is 0 Å². The number of hydrogen-bond acceptors (Lipinski definition) is 4. The molecule has 0 spiro atoms. The molecule has 6 nitrogen and oxygen atoms in total. The maximum atomic E-state index is 12.1. The molecule has 8 heteroatoms. The summed E-state index contributed by atoms with van der Waals surface area (Å²) in [6, 6.07) is 8.78. The van der Waals surface area contributed by atoms with Crippen LogP contribution in [0.5, 0.6) is 0 Å². The molecular formula is C14H18NO5PS. The van der Waals surface area contributed by atoms with Crippen LogP contribution in [-0.4, -0.2) is 43.8 Å². The third-order valence-corrected chi connectivity index (χ3v) is 5.71. The van der Waals surface area contributed by atoms with Gasteiger partial charge in [0.2, 0.25) is 11.0 Å². The topological polar surface area (TPSA) is 94.9 Å². The number of rotatable bonds is 5. The molecule has 0 saturated carbocycles. The number of carbonyl (C=O) groups excluding carboxylic acids is 2. The highest BCUT2D eigenvalue weighted by Crippen LogP contribution is 2.47. The fourth-order valence-corrected chi connectivity index (χ4v) is 4.31. The number of carbonyl (C=O) groups is 2.